The number of nitrogens with two attached hydrogens (primary N) is 1. The number of carbonyl (C=O) groups excluding carboxylic acids is 1. The Labute approximate surface area is 257 Å². The van der Waals surface area contributed by atoms with Gasteiger partial charge in [-0.2, -0.15) is 0 Å². The van der Waals surface area contributed by atoms with E-state index >= 15 is 0 Å². The summed E-state index contributed by atoms with van der Waals surface area (Å²) in [5.41, 5.74) is 7.74. The Morgan fingerprint density at radius 2 is 1.80 bits per heavy atom. The number of ether oxygens (including phenoxy) is 1. The predicted octanol–water partition coefficient (Wildman–Crippen LogP) is 3.85. The van der Waals surface area contributed by atoms with E-state index in [1.54, 1.807) is 11.0 Å². The third-order valence-electron chi connectivity index (χ3n) is 7.69. The van der Waals surface area contributed by atoms with E-state index in [2.05, 4.69) is 21.8 Å². The summed E-state index contributed by atoms with van der Waals surface area (Å²) in [5, 5.41) is 22.3. The Balaban J connectivity index is 1.50. The average Bonchev–Trinajstić information content (AvgIpc) is 3.36. The zero-order valence-electron chi connectivity index (χ0n) is 25.3. The molecule has 5 rings (SSSR count). The van der Waals surface area contributed by atoms with Crippen LogP contribution in [0.3, 0.4) is 0 Å². The van der Waals surface area contributed by atoms with E-state index < -0.39 is 5.60 Å². The molecule has 10 nitrogen and oxygen atoms in total. The quantitative estimate of drug-likeness (QED) is 0.207. The molecule has 1 amide bonds. The Hall–Kier alpha value is -4.69. The maximum absolute atomic E-state index is 12.6. The third-order valence-corrected chi connectivity index (χ3v) is 7.69. The second-order valence-electron chi connectivity index (χ2n) is 11.3. The number of fused-ring (bicyclic) bond motifs is 1. The first-order chi connectivity index (χ1) is 21.2. The lowest BCUT2D eigenvalue weighted by molar-refractivity contribution is -0.128. The molecule has 228 valence electrons. The van der Waals surface area contributed by atoms with Crippen molar-refractivity contribution in [3.8, 4) is 34.5 Å². The van der Waals surface area contributed by atoms with Gasteiger partial charge in [0.1, 0.15) is 40.6 Å². The highest BCUT2D eigenvalue weighted by Gasteiger charge is 2.32. The highest BCUT2D eigenvalue weighted by atomic mass is 16.5. The number of carbonyl (C=O) groups is 1. The fraction of sp³-hybridized carbons (Fsp3) is 0.324. The summed E-state index contributed by atoms with van der Waals surface area (Å²) >= 11 is 0. The van der Waals surface area contributed by atoms with Crippen molar-refractivity contribution in [1.82, 2.24) is 24.3 Å². The molecular weight excluding hydrogens is 556 g/mol. The molecule has 1 aliphatic heterocycles. The molecule has 2 aromatic carbocycles. The minimum Gasteiger partial charge on any atom is -0.457 e. The van der Waals surface area contributed by atoms with Crippen LogP contribution in [0.25, 0.3) is 22.2 Å². The van der Waals surface area contributed by atoms with Crippen LogP contribution >= 0.6 is 0 Å². The van der Waals surface area contributed by atoms with Crippen molar-refractivity contribution in [3.05, 3.63) is 78.8 Å². The smallest absolute Gasteiger partial charge is 0.246 e. The van der Waals surface area contributed by atoms with Crippen molar-refractivity contribution < 1.29 is 19.7 Å². The first-order valence-corrected chi connectivity index (χ1v) is 14.6. The maximum atomic E-state index is 12.6. The maximum Gasteiger partial charge on any atom is 0.246 e. The normalized spacial score (nSPS) is 15.4. The van der Waals surface area contributed by atoms with Gasteiger partial charge in [-0.25, -0.2) is 9.97 Å². The zero-order valence-corrected chi connectivity index (χ0v) is 25.3. The topological polar surface area (TPSA) is 130 Å². The first-order valence-electron chi connectivity index (χ1n) is 14.6. The van der Waals surface area contributed by atoms with Crippen LogP contribution in [0.15, 0.2) is 73.1 Å². The fourth-order valence-corrected chi connectivity index (χ4v) is 5.25. The Kier molecular flexibility index (Phi) is 9.30. The highest BCUT2D eigenvalue weighted by molar-refractivity contribution is 6.03. The van der Waals surface area contributed by atoms with Crippen molar-refractivity contribution >= 4 is 22.8 Å². The van der Waals surface area contributed by atoms with E-state index in [4.69, 9.17) is 10.5 Å². The van der Waals surface area contributed by atoms with Crippen LogP contribution in [0.5, 0.6) is 11.5 Å². The van der Waals surface area contributed by atoms with Gasteiger partial charge in [0.05, 0.1) is 18.0 Å². The molecule has 1 unspecified atom stereocenters. The van der Waals surface area contributed by atoms with Crippen LogP contribution in [0.1, 0.15) is 31.5 Å². The lowest BCUT2D eigenvalue weighted by Crippen LogP contribution is -2.45. The summed E-state index contributed by atoms with van der Waals surface area (Å²) in [7, 11) is 3.88. The monoisotopic (exact) mass is 594 g/mol. The Bertz CT molecular complexity index is 1700. The van der Waals surface area contributed by atoms with E-state index in [9.17, 15) is 15.0 Å². The van der Waals surface area contributed by atoms with Gasteiger partial charge in [-0.05, 0) is 56.8 Å². The molecule has 0 aliphatic carbocycles. The molecule has 0 bridgehead atoms. The molecular formula is C34H38N6O4. The predicted molar refractivity (Wildman–Crippen MR) is 171 cm³/mol. The van der Waals surface area contributed by atoms with Gasteiger partial charge in [0.2, 0.25) is 5.91 Å². The van der Waals surface area contributed by atoms with Gasteiger partial charge >= 0.3 is 0 Å². The van der Waals surface area contributed by atoms with Gasteiger partial charge < -0.3 is 35.1 Å². The number of likely N-dealkylation sites (tertiary alicyclic amines) is 1. The number of amides is 1. The van der Waals surface area contributed by atoms with Crippen LogP contribution in [-0.2, 0) is 4.79 Å². The summed E-state index contributed by atoms with van der Waals surface area (Å²) in [4.78, 5) is 25.1. The van der Waals surface area contributed by atoms with Gasteiger partial charge in [-0.15, -0.1) is 0 Å². The van der Waals surface area contributed by atoms with Crippen molar-refractivity contribution in [2.75, 3.05) is 46.1 Å². The fourth-order valence-electron chi connectivity index (χ4n) is 5.25. The number of aliphatic hydroxyl groups excluding tert-OH is 1. The standard InChI is InChI=1S/C34H38N6O4/c1-24(22-41)40-28(15-16-34(43)17-20-39(21-18-34)29(42)10-7-19-38(2)3)30(31-32(35)36-23-37-33(31)40)25-11-13-27(14-12-25)44-26-8-5-4-6-9-26/h4-14,23-24,41,43H,17-22H2,1-3H3,(H2,35,36,37)/b10-7+. The molecule has 1 aliphatic rings. The van der Waals surface area contributed by atoms with Crippen LogP contribution < -0.4 is 10.5 Å². The number of nitrogen functional groups attached to an aromatic ring is 1. The van der Waals surface area contributed by atoms with Crippen molar-refractivity contribution in [3.63, 3.8) is 0 Å². The van der Waals surface area contributed by atoms with E-state index in [0.29, 0.717) is 60.5 Å². The number of likely N-dealkylation sites (N-methyl/N-ethyl adjacent to an activating group) is 1. The number of nitrogens with zero attached hydrogens (tertiary/aromatic N) is 5. The van der Waals surface area contributed by atoms with Gasteiger partial charge in [0.15, 0.2) is 0 Å². The van der Waals surface area contributed by atoms with E-state index in [-0.39, 0.29) is 24.4 Å². The van der Waals surface area contributed by atoms with E-state index in [1.165, 1.54) is 6.33 Å². The molecule has 1 fully saturated rings. The molecule has 2 aromatic heterocycles. The summed E-state index contributed by atoms with van der Waals surface area (Å²) in [6.45, 7) is 3.16. The van der Waals surface area contributed by atoms with Gasteiger partial charge in [0, 0.05) is 44.1 Å². The summed E-state index contributed by atoms with van der Waals surface area (Å²) in [6.07, 6.45) is 5.43. The molecule has 4 aromatic rings. The minimum absolute atomic E-state index is 0.0743. The minimum atomic E-state index is -1.30. The van der Waals surface area contributed by atoms with Crippen LogP contribution in [0.4, 0.5) is 5.82 Å². The number of para-hydroxylation sites is 1. The number of hydrogen-bond acceptors (Lipinski definition) is 8. The molecule has 4 N–H and O–H groups in total. The first kappa shape index (κ1) is 30.8. The molecule has 44 heavy (non-hydrogen) atoms. The van der Waals surface area contributed by atoms with Crippen molar-refractivity contribution in [2.45, 2.75) is 31.4 Å². The highest BCUT2D eigenvalue weighted by Crippen LogP contribution is 2.39. The molecule has 0 radical (unpaired) electrons. The van der Waals surface area contributed by atoms with Crippen LogP contribution in [-0.4, -0.2) is 86.4 Å². The van der Waals surface area contributed by atoms with Crippen LogP contribution in [0.2, 0.25) is 0 Å². The number of benzene rings is 2. The average molecular weight is 595 g/mol. The summed E-state index contributed by atoms with van der Waals surface area (Å²) < 4.78 is 7.83. The number of hydrogen-bond donors (Lipinski definition) is 3. The lowest BCUT2D eigenvalue weighted by Gasteiger charge is -2.34. The molecule has 0 spiro atoms. The number of anilines is 1. The zero-order chi connectivity index (χ0) is 31.3. The summed E-state index contributed by atoms with van der Waals surface area (Å²) in [6, 6.07) is 16.7. The molecule has 0 saturated carbocycles. The van der Waals surface area contributed by atoms with Gasteiger partial charge in [-0.3, -0.25) is 4.79 Å². The molecule has 10 heteroatoms. The SMILES string of the molecule is CC(CO)n1c(C#CC2(O)CCN(C(=O)/C=C/CN(C)C)CC2)c(-c2ccc(Oc3ccccc3)cc2)c2c(N)ncnc21. The second-order valence-corrected chi connectivity index (χ2v) is 11.3. The van der Waals surface area contributed by atoms with E-state index in [0.717, 1.165) is 11.3 Å². The Morgan fingerprint density at radius 1 is 1.11 bits per heavy atom. The molecule has 1 atom stereocenters. The Morgan fingerprint density at radius 3 is 2.45 bits per heavy atom. The second kappa shape index (κ2) is 13.3. The largest absolute Gasteiger partial charge is 0.457 e. The van der Waals surface area contributed by atoms with Crippen LogP contribution in [0, 0.1) is 11.8 Å². The lowest BCUT2D eigenvalue weighted by atomic mass is 9.91. The summed E-state index contributed by atoms with van der Waals surface area (Å²) in [5.74, 6) is 7.96. The van der Waals surface area contributed by atoms with Gasteiger partial charge in [0.25, 0.3) is 0 Å². The van der Waals surface area contributed by atoms with Crippen molar-refractivity contribution in [2.24, 2.45) is 0 Å². The number of rotatable bonds is 8. The van der Waals surface area contributed by atoms with Crippen molar-refractivity contribution in [1.29, 1.82) is 0 Å². The van der Waals surface area contributed by atoms with E-state index in [1.807, 2.05) is 91.2 Å². The number of aliphatic hydroxyl groups is 2. The van der Waals surface area contributed by atoms with Gasteiger partial charge in [-0.1, -0.05) is 42.3 Å². The third kappa shape index (κ3) is 6.76. The molecule has 1 saturated heterocycles. The number of aromatic nitrogens is 3. The molecule has 3 heterocycles. The number of piperidine rings is 1.